The average molecular weight is 209 g/mol. The first-order valence-corrected chi connectivity index (χ1v) is 5.10. The van der Waals surface area contributed by atoms with E-state index < -0.39 is 14.8 Å². The molecule has 0 saturated heterocycles. The van der Waals surface area contributed by atoms with Gasteiger partial charge in [-0.2, -0.15) is 0 Å². The second-order valence-electron chi connectivity index (χ2n) is 2.12. The molecule has 0 amide bonds. The van der Waals surface area contributed by atoms with E-state index in [0.29, 0.717) is 0 Å². The highest BCUT2D eigenvalue weighted by molar-refractivity contribution is 7.93. The topological polar surface area (TPSA) is 34.1 Å². The molecule has 0 radical (unpaired) electrons. The first kappa shape index (κ1) is 9.48. The van der Waals surface area contributed by atoms with Crippen molar-refractivity contribution >= 4 is 21.4 Å². The molecular weight excluding hydrogens is 203 g/mol. The summed E-state index contributed by atoms with van der Waals surface area (Å²) in [6, 6.07) is 7.24. The molecule has 0 aliphatic rings. The first-order chi connectivity index (χ1) is 5.55. The van der Waals surface area contributed by atoms with Crippen molar-refractivity contribution in [3.05, 3.63) is 30.3 Å². The van der Waals surface area contributed by atoms with Crippen LogP contribution < -0.4 is 0 Å². The van der Waals surface area contributed by atoms with Gasteiger partial charge in [0.2, 0.25) is 9.84 Å². The van der Waals surface area contributed by atoms with Crippen molar-refractivity contribution in [2.45, 2.75) is 9.86 Å². The molecule has 5 heteroatoms. The Balaban J connectivity index is 3.17. The second-order valence-corrected chi connectivity index (χ2v) is 4.74. The molecule has 0 fully saturated rings. The molecule has 0 bridgehead atoms. The summed E-state index contributed by atoms with van der Waals surface area (Å²) in [5.74, 6) is 0. The SMILES string of the molecule is O=S(=O)(c1ccccc1)C(F)Cl. The van der Waals surface area contributed by atoms with E-state index in [9.17, 15) is 12.8 Å². The van der Waals surface area contributed by atoms with Gasteiger partial charge in [-0.1, -0.05) is 29.8 Å². The molecular formula is C7H6ClFO2S. The fraction of sp³-hybridized carbons (Fsp3) is 0.143. The number of alkyl halides is 2. The fourth-order valence-electron chi connectivity index (χ4n) is 0.713. The Bertz CT molecular complexity index is 347. The van der Waals surface area contributed by atoms with E-state index in [0.717, 1.165) is 0 Å². The predicted molar refractivity (Wildman–Crippen MR) is 44.4 cm³/mol. The molecule has 2 nitrogen and oxygen atoms in total. The van der Waals surface area contributed by atoms with Gasteiger partial charge in [-0.25, -0.2) is 12.8 Å². The van der Waals surface area contributed by atoms with Crippen molar-refractivity contribution in [3.63, 3.8) is 0 Å². The van der Waals surface area contributed by atoms with Crippen LogP contribution in [0.2, 0.25) is 0 Å². The molecule has 12 heavy (non-hydrogen) atoms. The first-order valence-electron chi connectivity index (χ1n) is 3.12. The second kappa shape index (κ2) is 3.41. The van der Waals surface area contributed by atoms with Crippen LogP contribution in [0.4, 0.5) is 4.39 Å². The maximum Gasteiger partial charge on any atom is 0.278 e. The highest BCUT2D eigenvalue weighted by atomic mass is 35.5. The third-order valence-electron chi connectivity index (χ3n) is 1.31. The highest BCUT2D eigenvalue weighted by Gasteiger charge is 2.23. The van der Waals surface area contributed by atoms with E-state index in [2.05, 4.69) is 0 Å². The summed E-state index contributed by atoms with van der Waals surface area (Å²) >= 11 is 4.85. The Morgan fingerprint density at radius 2 is 1.75 bits per heavy atom. The van der Waals surface area contributed by atoms with E-state index in [1.807, 2.05) is 0 Å². The van der Waals surface area contributed by atoms with E-state index in [-0.39, 0.29) is 4.90 Å². The number of rotatable bonds is 2. The van der Waals surface area contributed by atoms with Crippen molar-refractivity contribution in [1.82, 2.24) is 0 Å². The molecule has 1 atom stereocenters. The normalized spacial score (nSPS) is 14.2. The van der Waals surface area contributed by atoms with Crippen LogP contribution in [0.25, 0.3) is 0 Å². The average Bonchev–Trinajstić information content (AvgIpc) is 2.06. The van der Waals surface area contributed by atoms with Crippen LogP contribution in [0.5, 0.6) is 0 Å². The van der Waals surface area contributed by atoms with E-state index >= 15 is 0 Å². The third-order valence-corrected chi connectivity index (χ3v) is 3.41. The minimum atomic E-state index is -3.98. The van der Waals surface area contributed by atoms with Gasteiger partial charge in [-0.05, 0) is 12.1 Å². The summed E-state index contributed by atoms with van der Waals surface area (Å²) in [6.07, 6.45) is 0. The number of halogens is 2. The van der Waals surface area contributed by atoms with Crippen molar-refractivity contribution in [2.24, 2.45) is 0 Å². The zero-order chi connectivity index (χ0) is 9.19. The minimum absolute atomic E-state index is 0.104. The molecule has 0 aliphatic carbocycles. The van der Waals surface area contributed by atoms with Gasteiger partial charge in [-0.3, -0.25) is 0 Å². The van der Waals surface area contributed by atoms with Crippen LogP contribution in [-0.2, 0) is 9.84 Å². The van der Waals surface area contributed by atoms with Crippen LogP contribution in [0.3, 0.4) is 0 Å². The van der Waals surface area contributed by atoms with Crippen LogP contribution in [-0.4, -0.2) is 13.4 Å². The molecule has 0 heterocycles. The molecule has 0 aliphatic heterocycles. The largest absolute Gasteiger partial charge is 0.278 e. The predicted octanol–water partition coefficient (Wildman–Crippen LogP) is 1.95. The highest BCUT2D eigenvalue weighted by Crippen LogP contribution is 2.18. The summed E-state index contributed by atoms with van der Waals surface area (Å²) in [5, 5.41) is 0. The zero-order valence-electron chi connectivity index (χ0n) is 5.94. The minimum Gasteiger partial charge on any atom is -0.219 e. The molecule has 66 valence electrons. The molecule has 0 aromatic heterocycles. The van der Waals surface area contributed by atoms with E-state index in [1.54, 1.807) is 6.07 Å². The summed E-state index contributed by atoms with van der Waals surface area (Å²) in [7, 11) is -3.98. The molecule has 1 aromatic carbocycles. The van der Waals surface area contributed by atoms with Gasteiger partial charge >= 0.3 is 0 Å². The fourth-order valence-corrected chi connectivity index (χ4v) is 1.76. The Kier molecular flexibility index (Phi) is 2.69. The molecule has 1 aromatic rings. The Morgan fingerprint density at radius 3 is 2.17 bits per heavy atom. The lowest BCUT2D eigenvalue weighted by atomic mass is 10.4. The van der Waals surface area contributed by atoms with Crippen LogP contribution >= 0.6 is 11.6 Å². The van der Waals surface area contributed by atoms with Gasteiger partial charge in [0.25, 0.3) is 4.96 Å². The lowest BCUT2D eigenvalue weighted by Gasteiger charge is -2.01. The van der Waals surface area contributed by atoms with E-state index in [4.69, 9.17) is 11.6 Å². The molecule has 0 saturated carbocycles. The summed E-state index contributed by atoms with van der Waals surface area (Å²) in [6.45, 7) is 0. The van der Waals surface area contributed by atoms with Crippen LogP contribution in [0, 0.1) is 0 Å². The summed E-state index contributed by atoms with van der Waals surface area (Å²) in [4.78, 5) is -2.48. The smallest absolute Gasteiger partial charge is 0.219 e. The lowest BCUT2D eigenvalue weighted by molar-refractivity contribution is 0.504. The van der Waals surface area contributed by atoms with Crippen LogP contribution in [0.15, 0.2) is 35.2 Å². The van der Waals surface area contributed by atoms with Gasteiger partial charge in [-0.15, -0.1) is 0 Å². The molecule has 1 rings (SSSR count). The van der Waals surface area contributed by atoms with E-state index in [1.165, 1.54) is 24.3 Å². The lowest BCUT2D eigenvalue weighted by Crippen LogP contribution is -2.09. The molecule has 0 N–H and O–H groups in total. The Morgan fingerprint density at radius 1 is 1.25 bits per heavy atom. The monoisotopic (exact) mass is 208 g/mol. The Hall–Kier alpha value is -0.610. The third kappa shape index (κ3) is 1.76. The number of hydrogen-bond acceptors (Lipinski definition) is 2. The number of benzene rings is 1. The standard InChI is InChI=1S/C7H6ClFO2S/c8-7(9)12(10,11)6-4-2-1-3-5-6/h1-5,7H. The number of hydrogen-bond donors (Lipinski definition) is 0. The number of sulfone groups is 1. The summed E-state index contributed by atoms with van der Waals surface area (Å²) < 4.78 is 34.4. The quantitative estimate of drug-likeness (QED) is 0.697. The molecule has 1 unspecified atom stereocenters. The van der Waals surface area contributed by atoms with Gasteiger partial charge < -0.3 is 0 Å². The Labute approximate surface area is 74.9 Å². The van der Waals surface area contributed by atoms with Gasteiger partial charge in [0.05, 0.1) is 4.90 Å². The van der Waals surface area contributed by atoms with Gasteiger partial charge in [0, 0.05) is 0 Å². The summed E-state index contributed by atoms with van der Waals surface area (Å²) in [5.41, 5.74) is 0. The van der Waals surface area contributed by atoms with Crippen molar-refractivity contribution < 1.29 is 12.8 Å². The van der Waals surface area contributed by atoms with Crippen molar-refractivity contribution in [2.75, 3.05) is 0 Å². The molecule has 0 spiro atoms. The van der Waals surface area contributed by atoms with Crippen molar-refractivity contribution in [3.8, 4) is 0 Å². The van der Waals surface area contributed by atoms with Gasteiger partial charge in [0.15, 0.2) is 0 Å². The van der Waals surface area contributed by atoms with Crippen molar-refractivity contribution in [1.29, 1.82) is 0 Å². The van der Waals surface area contributed by atoms with Crippen LogP contribution in [0.1, 0.15) is 0 Å². The maximum atomic E-state index is 12.3. The maximum absolute atomic E-state index is 12.3. The zero-order valence-corrected chi connectivity index (χ0v) is 7.52. The van der Waals surface area contributed by atoms with Gasteiger partial charge in [0.1, 0.15) is 0 Å².